The van der Waals surface area contributed by atoms with Crippen molar-refractivity contribution in [1.29, 1.82) is 0 Å². The van der Waals surface area contributed by atoms with Crippen molar-refractivity contribution in [3.05, 3.63) is 37.0 Å². The Morgan fingerprint density at radius 1 is 1.44 bits per heavy atom. The molecule has 0 N–H and O–H groups in total. The molecule has 0 unspecified atom stereocenters. The van der Waals surface area contributed by atoms with Crippen LogP contribution in [0.2, 0.25) is 0 Å². The van der Waals surface area contributed by atoms with Gasteiger partial charge in [-0.1, -0.05) is 44.9 Å². The Kier molecular flexibility index (Phi) is 5.52. The van der Waals surface area contributed by atoms with Gasteiger partial charge in [-0.05, 0) is 43.6 Å². The van der Waals surface area contributed by atoms with Crippen LogP contribution >= 0.6 is 0 Å². The van der Waals surface area contributed by atoms with Gasteiger partial charge in [0.25, 0.3) is 0 Å². The van der Waals surface area contributed by atoms with Crippen molar-refractivity contribution in [1.82, 2.24) is 0 Å². The molecule has 1 aliphatic heterocycles. The number of hydrogen-bond donors (Lipinski definition) is 0. The molecule has 0 aromatic heterocycles. The van der Waals surface area contributed by atoms with Crippen molar-refractivity contribution in [2.75, 3.05) is 0 Å². The molecule has 2 rings (SSSR count). The van der Waals surface area contributed by atoms with E-state index in [1.807, 2.05) is 26.0 Å². The summed E-state index contributed by atoms with van der Waals surface area (Å²) in [6.07, 6.45) is 9.36. The molecule has 2 aliphatic rings. The first-order valence-electron chi connectivity index (χ1n) is 9.00. The van der Waals surface area contributed by atoms with Gasteiger partial charge in [0.05, 0.1) is 6.42 Å². The van der Waals surface area contributed by atoms with Gasteiger partial charge in [-0.15, -0.1) is 19.1 Å². The third-order valence-corrected chi connectivity index (χ3v) is 5.90. The summed E-state index contributed by atoms with van der Waals surface area (Å²) in [6.45, 7) is 16.0. The zero-order valence-electron chi connectivity index (χ0n) is 16.0. The molecule has 1 saturated heterocycles. The van der Waals surface area contributed by atoms with Crippen molar-refractivity contribution in [3.8, 4) is 11.8 Å². The van der Waals surface area contributed by atoms with E-state index in [2.05, 4.69) is 38.0 Å². The average molecular weight is 342 g/mol. The molecule has 1 heterocycles. The number of hydrogen-bond acceptors (Lipinski definition) is 3. The van der Waals surface area contributed by atoms with E-state index in [9.17, 15) is 4.79 Å². The van der Waals surface area contributed by atoms with Gasteiger partial charge >= 0.3 is 6.16 Å². The number of carbonyl (C=O) groups excluding carboxylic acids is 1. The number of carbonyl (C=O) groups is 1. The highest BCUT2D eigenvalue weighted by Crippen LogP contribution is 2.53. The quantitative estimate of drug-likeness (QED) is 0.359. The topological polar surface area (TPSA) is 35.5 Å². The lowest BCUT2D eigenvalue weighted by Gasteiger charge is -2.46. The fourth-order valence-electron chi connectivity index (χ4n) is 4.05. The Bertz CT molecular complexity index is 646. The molecule has 0 amide bonds. The fraction of sp³-hybridized carbons (Fsp3) is 0.591. The number of rotatable bonds is 6. The lowest BCUT2D eigenvalue weighted by molar-refractivity contribution is -0.0394. The molecule has 0 saturated carbocycles. The van der Waals surface area contributed by atoms with Crippen LogP contribution in [0.15, 0.2) is 37.0 Å². The first-order valence-corrected chi connectivity index (χ1v) is 9.00. The molecular formula is C22H30O3. The Morgan fingerprint density at radius 2 is 2.16 bits per heavy atom. The summed E-state index contributed by atoms with van der Waals surface area (Å²) in [4.78, 5) is 12.2. The van der Waals surface area contributed by atoms with Gasteiger partial charge in [0, 0.05) is 5.41 Å². The van der Waals surface area contributed by atoms with Crippen molar-refractivity contribution in [3.63, 3.8) is 0 Å². The minimum absolute atomic E-state index is 0.0825. The highest BCUT2D eigenvalue weighted by Gasteiger charge is 2.61. The highest BCUT2D eigenvalue weighted by atomic mass is 16.8. The average Bonchev–Trinajstić information content (AvgIpc) is 2.91. The van der Waals surface area contributed by atoms with Crippen LogP contribution in [0.4, 0.5) is 4.79 Å². The van der Waals surface area contributed by atoms with Gasteiger partial charge in [-0.25, -0.2) is 4.79 Å². The SMILES string of the molecule is C=CC[C@]1(C)CCCC=C1[C@@H]1OC(=O)O[C@@]1(CC#CC)C(C)(C)C=C. The molecule has 0 bridgehead atoms. The van der Waals surface area contributed by atoms with Crippen LogP contribution in [0, 0.1) is 22.7 Å². The molecular weight excluding hydrogens is 312 g/mol. The normalized spacial score (nSPS) is 31.9. The highest BCUT2D eigenvalue weighted by molar-refractivity contribution is 5.65. The molecule has 1 fully saturated rings. The Balaban J connectivity index is 2.60. The molecule has 3 nitrogen and oxygen atoms in total. The lowest BCUT2D eigenvalue weighted by Crippen LogP contribution is -2.54. The second kappa shape index (κ2) is 7.12. The zero-order valence-corrected chi connectivity index (χ0v) is 16.0. The minimum atomic E-state index is -0.875. The second-order valence-electron chi connectivity index (χ2n) is 7.87. The van der Waals surface area contributed by atoms with E-state index in [1.165, 1.54) is 0 Å². The molecule has 1 aliphatic carbocycles. The standard InChI is InChI=1S/C22H30O3/c1-7-10-16-22(20(4,5)9-3)18(24-19(23)25-22)17-13-11-12-15-21(17,6)14-8-2/h8-9,13,18H,2-3,11-12,14-16H2,1,4-6H3/t18-,21+,22+/m0/s1. The predicted molar refractivity (Wildman–Crippen MR) is 101 cm³/mol. The monoisotopic (exact) mass is 342 g/mol. The van der Waals surface area contributed by atoms with Crippen LogP contribution in [-0.2, 0) is 9.47 Å². The van der Waals surface area contributed by atoms with Crippen molar-refractivity contribution in [2.24, 2.45) is 10.8 Å². The Labute approximate surface area is 152 Å². The molecule has 3 heteroatoms. The summed E-state index contributed by atoms with van der Waals surface area (Å²) in [5.74, 6) is 6.05. The number of allylic oxidation sites excluding steroid dienone is 2. The summed E-state index contributed by atoms with van der Waals surface area (Å²) in [7, 11) is 0. The van der Waals surface area contributed by atoms with E-state index < -0.39 is 23.3 Å². The first kappa shape index (κ1) is 19.4. The Morgan fingerprint density at radius 3 is 2.76 bits per heavy atom. The fourth-order valence-corrected chi connectivity index (χ4v) is 4.05. The Hall–Kier alpha value is -1.95. The predicted octanol–water partition coefficient (Wildman–Crippen LogP) is 5.58. The minimum Gasteiger partial charge on any atom is -0.422 e. The molecule has 3 atom stereocenters. The number of ether oxygens (including phenoxy) is 2. The molecule has 0 aromatic rings. The van der Waals surface area contributed by atoms with Crippen LogP contribution in [0.1, 0.15) is 59.8 Å². The van der Waals surface area contributed by atoms with E-state index in [-0.39, 0.29) is 5.41 Å². The van der Waals surface area contributed by atoms with E-state index in [4.69, 9.17) is 9.47 Å². The van der Waals surface area contributed by atoms with Crippen LogP contribution in [0.25, 0.3) is 0 Å². The number of cyclic esters (lactones) is 2. The zero-order chi connectivity index (χ0) is 18.7. The summed E-state index contributed by atoms with van der Waals surface area (Å²) in [5, 5.41) is 0. The molecule has 0 aromatic carbocycles. The maximum absolute atomic E-state index is 12.2. The van der Waals surface area contributed by atoms with Gasteiger partial charge in [0.2, 0.25) is 0 Å². The van der Waals surface area contributed by atoms with E-state index >= 15 is 0 Å². The van der Waals surface area contributed by atoms with Crippen LogP contribution in [0.5, 0.6) is 0 Å². The maximum Gasteiger partial charge on any atom is 0.509 e. The van der Waals surface area contributed by atoms with Crippen LogP contribution in [0.3, 0.4) is 0 Å². The van der Waals surface area contributed by atoms with Gasteiger partial charge in [0.1, 0.15) is 0 Å². The van der Waals surface area contributed by atoms with Crippen molar-refractivity contribution < 1.29 is 14.3 Å². The van der Waals surface area contributed by atoms with Crippen molar-refractivity contribution in [2.45, 2.75) is 71.5 Å². The van der Waals surface area contributed by atoms with E-state index in [1.54, 1.807) is 6.92 Å². The van der Waals surface area contributed by atoms with Crippen LogP contribution < -0.4 is 0 Å². The molecule has 25 heavy (non-hydrogen) atoms. The van der Waals surface area contributed by atoms with E-state index in [0.717, 1.165) is 31.3 Å². The van der Waals surface area contributed by atoms with E-state index in [0.29, 0.717) is 6.42 Å². The largest absolute Gasteiger partial charge is 0.509 e. The van der Waals surface area contributed by atoms with Gasteiger partial charge < -0.3 is 9.47 Å². The third-order valence-electron chi connectivity index (χ3n) is 5.90. The third kappa shape index (κ3) is 3.27. The van der Waals surface area contributed by atoms with Gasteiger partial charge in [-0.3, -0.25) is 0 Å². The molecule has 0 radical (unpaired) electrons. The lowest BCUT2D eigenvalue weighted by atomic mass is 9.61. The van der Waals surface area contributed by atoms with Gasteiger partial charge in [-0.2, -0.15) is 0 Å². The smallest absolute Gasteiger partial charge is 0.422 e. The van der Waals surface area contributed by atoms with Crippen LogP contribution in [-0.4, -0.2) is 17.9 Å². The molecule has 0 spiro atoms. The maximum atomic E-state index is 12.2. The summed E-state index contributed by atoms with van der Waals surface area (Å²) < 4.78 is 11.6. The summed E-state index contributed by atoms with van der Waals surface area (Å²) in [5.41, 5.74) is -0.306. The van der Waals surface area contributed by atoms with Gasteiger partial charge in [0.15, 0.2) is 11.7 Å². The molecule has 136 valence electrons. The first-order chi connectivity index (χ1) is 11.8. The summed E-state index contributed by atoms with van der Waals surface area (Å²) >= 11 is 0. The summed E-state index contributed by atoms with van der Waals surface area (Å²) in [6, 6.07) is 0. The van der Waals surface area contributed by atoms with Crippen molar-refractivity contribution >= 4 is 6.16 Å². The second-order valence-corrected chi connectivity index (χ2v) is 7.87.